The third-order valence-corrected chi connectivity index (χ3v) is 5.05. The minimum atomic E-state index is -5.40. The molecule has 9 nitrogen and oxygen atoms in total. The van der Waals surface area contributed by atoms with Crippen LogP contribution in [0.2, 0.25) is 0 Å². The molecule has 0 unspecified atom stereocenters. The first-order valence-electron chi connectivity index (χ1n) is 9.61. The molecule has 0 aliphatic carbocycles. The summed E-state index contributed by atoms with van der Waals surface area (Å²) >= 11 is 0. The molecule has 0 aromatic rings. The van der Waals surface area contributed by atoms with E-state index in [-0.39, 0.29) is 18.9 Å². The zero-order valence-electron chi connectivity index (χ0n) is 17.6. The first kappa shape index (κ1) is 26.0. The van der Waals surface area contributed by atoms with Gasteiger partial charge in [-0.05, 0) is 24.7 Å². The molecule has 0 spiro atoms. The molecule has 0 aromatic carbocycles. The number of nitrogens with zero attached hydrogens (tertiary/aromatic N) is 1. The summed E-state index contributed by atoms with van der Waals surface area (Å²) in [6.07, 6.45) is -5.63. The van der Waals surface area contributed by atoms with Crippen molar-refractivity contribution in [3.8, 4) is 0 Å². The number of amides is 3. The van der Waals surface area contributed by atoms with Crippen LogP contribution in [0.4, 0.5) is 18.0 Å². The Balaban J connectivity index is 3.05. The van der Waals surface area contributed by atoms with Crippen LogP contribution in [0.25, 0.3) is 0 Å². The molecule has 1 aliphatic rings. The fourth-order valence-corrected chi connectivity index (χ4v) is 3.34. The number of aliphatic hydroxyl groups is 2. The second-order valence-electron chi connectivity index (χ2n) is 8.00. The van der Waals surface area contributed by atoms with E-state index < -0.39 is 53.9 Å². The normalized spacial score (nSPS) is 19.6. The second kappa shape index (κ2) is 9.82. The van der Waals surface area contributed by atoms with E-state index in [1.165, 1.54) is 18.7 Å². The number of rotatable bonds is 7. The molecule has 12 heteroatoms. The van der Waals surface area contributed by atoms with Gasteiger partial charge in [-0.25, -0.2) is 4.79 Å². The molecule has 0 saturated carbocycles. The van der Waals surface area contributed by atoms with Gasteiger partial charge in [-0.2, -0.15) is 13.2 Å². The zero-order chi connectivity index (χ0) is 23.4. The molecule has 4 N–H and O–H groups in total. The predicted octanol–water partition coefficient (Wildman–Crippen LogP) is 0.742. The van der Waals surface area contributed by atoms with Crippen molar-refractivity contribution < 1.29 is 42.5 Å². The van der Waals surface area contributed by atoms with Gasteiger partial charge in [-0.1, -0.05) is 27.7 Å². The van der Waals surface area contributed by atoms with Crippen LogP contribution in [0.3, 0.4) is 0 Å². The number of carbonyl (C=O) groups excluding carboxylic acids is 3. The highest BCUT2D eigenvalue weighted by Gasteiger charge is 2.59. The Morgan fingerprint density at radius 3 is 2.07 bits per heavy atom. The van der Waals surface area contributed by atoms with Gasteiger partial charge in [0.25, 0.3) is 5.79 Å². The molecule has 1 heterocycles. The van der Waals surface area contributed by atoms with Gasteiger partial charge in [0.15, 0.2) is 0 Å². The number of hydrogen-bond acceptors (Lipinski definition) is 6. The molecule has 1 saturated heterocycles. The largest absolute Gasteiger partial charge is 0.453 e. The van der Waals surface area contributed by atoms with Crippen molar-refractivity contribution >= 4 is 17.9 Å². The summed E-state index contributed by atoms with van der Waals surface area (Å²) in [5, 5.41) is 23.7. The van der Waals surface area contributed by atoms with Crippen molar-refractivity contribution in [3.63, 3.8) is 0 Å². The summed E-state index contributed by atoms with van der Waals surface area (Å²) < 4.78 is 43.7. The number of nitrogens with one attached hydrogen (secondary N) is 2. The van der Waals surface area contributed by atoms with Crippen LogP contribution < -0.4 is 10.6 Å². The Morgan fingerprint density at radius 2 is 1.63 bits per heavy atom. The summed E-state index contributed by atoms with van der Waals surface area (Å²) in [5.74, 6) is -6.98. The van der Waals surface area contributed by atoms with Crippen molar-refractivity contribution in [3.05, 3.63) is 0 Å². The van der Waals surface area contributed by atoms with Gasteiger partial charge in [0.05, 0.1) is 13.2 Å². The van der Waals surface area contributed by atoms with Gasteiger partial charge in [-0.15, -0.1) is 0 Å². The third-order valence-electron chi connectivity index (χ3n) is 5.05. The molecule has 174 valence electrons. The van der Waals surface area contributed by atoms with E-state index in [4.69, 9.17) is 0 Å². The van der Waals surface area contributed by atoms with Gasteiger partial charge >= 0.3 is 12.3 Å². The number of carbonyl (C=O) groups is 3. The van der Waals surface area contributed by atoms with E-state index in [2.05, 4.69) is 10.1 Å². The summed E-state index contributed by atoms with van der Waals surface area (Å²) in [6.45, 7) is 6.11. The molecule has 0 bridgehead atoms. The lowest BCUT2D eigenvalue weighted by Gasteiger charge is -2.37. The Hall–Kier alpha value is -2.08. The van der Waals surface area contributed by atoms with Crippen LogP contribution in [0, 0.1) is 11.8 Å². The average molecular weight is 441 g/mol. The monoisotopic (exact) mass is 441 g/mol. The number of alkyl halides is 3. The van der Waals surface area contributed by atoms with Crippen LogP contribution in [-0.4, -0.2) is 76.8 Å². The van der Waals surface area contributed by atoms with E-state index in [9.17, 15) is 37.8 Å². The van der Waals surface area contributed by atoms with E-state index in [0.29, 0.717) is 6.42 Å². The number of alkyl carbamates (subject to hydrolysis) is 1. The van der Waals surface area contributed by atoms with E-state index in [0.717, 1.165) is 7.11 Å². The first-order chi connectivity index (χ1) is 13.6. The van der Waals surface area contributed by atoms with Crippen LogP contribution in [0.1, 0.15) is 40.5 Å². The lowest BCUT2D eigenvalue weighted by Crippen LogP contribution is -2.65. The number of likely N-dealkylation sites (tertiary alicyclic amines) is 1. The maximum absolute atomic E-state index is 13.1. The molecular formula is C18H30F3N3O6. The van der Waals surface area contributed by atoms with E-state index >= 15 is 0 Å². The van der Waals surface area contributed by atoms with Gasteiger partial charge < -0.3 is 30.5 Å². The zero-order valence-corrected chi connectivity index (χ0v) is 17.6. The minimum Gasteiger partial charge on any atom is -0.453 e. The molecule has 1 fully saturated rings. The van der Waals surface area contributed by atoms with Crippen molar-refractivity contribution in [1.82, 2.24) is 15.5 Å². The smallest absolute Gasteiger partial charge is 0.445 e. The fourth-order valence-electron chi connectivity index (χ4n) is 3.34. The summed E-state index contributed by atoms with van der Waals surface area (Å²) in [7, 11) is 1.13. The highest BCUT2D eigenvalue weighted by atomic mass is 19.4. The fraction of sp³-hybridized carbons (Fsp3) is 0.833. The van der Waals surface area contributed by atoms with Crippen molar-refractivity contribution in [2.45, 2.75) is 70.6 Å². The van der Waals surface area contributed by atoms with Crippen molar-refractivity contribution in [1.29, 1.82) is 0 Å². The quantitative estimate of drug-likeness (QED) is 0.432. The molecule has 0 aromatic heterocycles. The molecule has 3 amide bonds. The molecule has 30 heavy (non-hydrogen) atoms. The summed E-state index contributed by atoms with van der Waals surface area (Å²) in [4.78, 5) is 38.4. The molecule has 3 atom stereocenters. The highest BCUT2D eigenvalue weighted by Crippen LogP contribution is 2.34. The topological polar surface area (TPSA) is 128 Å². The molecule has 0 radical (unpaired) electrons. The summed E-state index contributed by atoms with van der Waals surface area (Å²) in [5.41, 5.74) is 0. The number of halogens is 3. The maximum atomic E-state index is 13.1. The Kier molecular flexibility index (Phi) is 8.49. The van der Waals surface area contributed by atoms with Crippen LogP contribution in [0.5, 0.6) is 0 Å². The van der Waals surface area contributed by atoms with Gasteiger partial charge in [-0.3, -0.25) is 9.59 Å². The first-order valence-corrected chi connectivity index (χ1v) is 9.61. The minimum absolute atomic E-state index is 0.165. The van der Waals surface area contributed by atoms with Gasteiger partial charge in [0.2, 0.25) is 11.8 Å². The molecule has 1 rings (SSSR count). The Bertz CT molecular complexity index is 639. The van der Waals surface area contributed by atoms with E-state index in [1.54, 1.807) is 13.8 Å². The standard InChI is InChI=1S/C18H30F3N3O6/c1-9(2)12(22-16(27)30-5)15(26)24-8-6-7-11(24)14(25)23-13(10(3)4)17(28,29)18(19,20)21/h9-13,28-29H,6-8H2,1-5H3,(H,22,27)(H,23,25)/t11-,12-,13-/m0/s1. The second-order valence-corrected chi connectivity index (χ2v) is 8.00. The third kappa shape index (κ3) is 5.75. The van der Waals surface area contributed by atoms with Crippen molar-refractivity contribution in [2.75, 3.05) is 13.7 Å². The highest BCUT2D eigenvalue weighted by molar-refractivity contribution is 5.92. The number of ether oxygens (including phenoxy) is 1. The molecule has 1 aliphatic heterocycles. The average Bonchev–Trinajstić information content (AvgIpc) is 3.11. The van der Waals surface area contributed by atoms with Crippen LogP contribution >= 0.6 is 0 Å². The Morgan fingerprint density at radius 1 is 1.07 bits per heavy atom. The molecular weight excluding hydrogens is 411 g/mol. The SMILES string of the molecule is COC(=O)N[C@H](C(=O)N1CCC[C@H]1C(=O)N[C@@H](C(C)C)C(O)(O)C(F)(F)F)C(C)C. The van der Waals surface area contributed by atoms with E-state index in [1.807, 2.05) is 5.32 Å². The van der Waals surface area contributed by atoms with Gasteiger partial charge in [0.1, 0.15) is 12.1 Å². The van der Waals surface area contributed by atoms with Crippen LogP contribution in [0.15, 0.2) is 0 Å². The summed E-state index contributed by atoms with van der Waals surface area (Å²) in [6, 6.07) is -4.16. The Labute approximate surface area is 172 Å². The van der Waals surface area contributed by atoms with Gasteiger partial charge in [0, 0.05) is 6.54 Å². The number of hydrogen-bond donors (Lipinski definition) is 4. The van der Waals surface area contributed by atoms with Crippen LogP contribution in [-0.2, 0) is 14.3 Å². The van der Waals surface area contributed by atoms with Crippen molar-refractivity contribution in [2.24, 2.45) is 11.8 Å². The maximum Gasteiger partial charge on any atom is 0.445 e. The lowest BCUT2D eigenvalue weighted by atomic mass is 9.94. The predicted molar refractivity (Wildman–Crippen MR) is 98.9 cm³/mol. The lowest BCUT2D eigenvalue weighted by molar-refractivity contribution is -0.362. The number of methoxy groups -OCH3 is 1.